The molecule has 0 atom stereocenters. The van der Waals surface area contributed by atoms with Crippen LogP contribution in [0.15, 0.2) is 35.6 Å². The predicted octanol–water partition coefficient (Wildman–Crippen LogP) is 0.423. The maximum absolute atomic E-state index is 11.7. The Morgan fingerprint density at radius 3 is 3.00 bits per heavy atom. The van der Waals surface area contributed by atoms with Crippen molar-refractivity contribution in [3.8, 4) is 11.3 Å². The fourth-order valence-corrected chi connectivity index (χ4v) is 1.74. The lowest BCUT2D eigenvalue weighted by Crippen LogP contribution is -2.16. The van der Waals surface area contributed by atoms with E-state index in [1.165, 1.54) is 10.7 Å². The Labute approximate surface area is 90.2 Å². The molecule has 3 heterocycles. The number of nitrogens with one attached hydrogen (secondary N) is 1. The van der Waals surface area contributed by atoms with Crippen LogP contribution in [0.4, 0.5) is 0 Å². The van der Waals surface area contributed by atoms with E-state index >= 15 is 0 Å². The van der Waals surface area contributed by atoms with Crippen molar-refractivity contribution in [1.29, 1.82) is 0 Å². The molecule has 80 valence electrons. The van der Waals surface area contributed by atoms with Gasteiger partial charge in [0, 0.05) is 18.8 Å². The third kappa shape index (κ3) is 1.16. The second-order valence-corrected chi connectivity index (χ2v) is 3.52. The Balaban J connectivity index is 2.37. The minimum atomic E-state index is -0.200. The number of nitrogens with zero attached hydrogens (tertiary/aromatic N) is 4. The molecule has 16 heavy (non-hydrogen) atoms. The van der Waals surface area contributed by atoms with Crippen LogP contribution in [-0.2, 0) is 7.05 Å². The Hall–Kier alpha value is -2.37. The maximum atomic E-state index is 11.7. The van der Waals surface area contributed by atoms with Crippen LogP contribution in [0.25, 0.3) is 16.9 Å². The summed E-state index contributed by atoms with van der Waals surface area (Å²) in [6.07, 6.45) is 4.97. The number of hydrogen-bond donors (Lipinski definition) is 1. The molecule has 0 bridgehead atoms. The largest absolute Gasteiger partial charge is 0.332 e. The van der Waals surface area contributed by atoms with E-state index in [1.807, 2.05) is 19.3 Å². The standard InChI is InChI=1S/C10H9N5O/c1-14-5-7(4-13-14)8-2-3-9-11-6-12-10(16)15(8)9/h2-6H,1H3,(H,11,12,16). The van der Waals surface area contributed by atoms with Crippen LogP contribution in [0.2, 0.25) is 0 Å². The fraction of sp³-hybridized carbons (Fsp3) is 0.100. The van der Waals surface area contributed by atoms with E-state index in [-0.39, 0.29) is 5.69 Å². The average molecular weight is 215 g/mol. The number of aryl methyl sites for hydroxylation is 1. The van der Waals surface area contributed by atoms with Gasteiger partial charge in [-0.2, -0.15) is 5.10 Å². The van der Waals surface area contributed by atoms with E-state index in [0.29, 0.717) is 5.65 Å². The Bertz CT molecular complexity index is 705. The first-order valence-electron chi connectivity index (χ1n) is 4.80. The molecule has 0 aliphatic rings. The zero-order valence-electron chi connectivity index (χ0n) is 8.58. The Morgan fingerprint density at radius 1 is 1.38 bits per heavy atom. The normalized spacial score (nSPS) is 11.1. The van der Waals surface area contributed by atoms with Crippen molar-refractivity contribution in [3.05, 3.63) is 41.3 Å². The molecule has 0 fully saturated rings. The molecule has 1 N–H and O–H groups in total. The highest BCUT2D eigenvalue weighted by Gasteiger charge is 2.08. The molecule has 0 unspecified atom stereocenters. The van der Waals surface area contributed by atoms with E-state index in [2.05, 4.69) is 15.1 Å². The van der Waals surface area contributed by atoms with Gasteiger partial charge in [-0.05, 0) is 12.1 Å². The molecule has 0 aliphatic carbocycles. The van der Waals surface area contributed by atoms with Gasteiger partial charge in [0.2, 0.25) is 0 Å². The van der Waals surface area contributed by atoms with Crippen molar-refractivity contribution in [2.75, 3.05) is 0 Å². The van der Waals surface area contributed by atoms with Gasteiger partial charge in [-0.25, -0.2) is 14.2 Å². The van der Waals surface area contributed by atoms with E-state index in [0.717, 1.165) is 11.3 Å². The van der Waals surface area contributed by atoms with Crippen LogP contribution >= 0.6 is 0 Å². The highest BCUT2D eigenvalue weighted by molar-refractivity contribution is 5.63. The topological polar surface area (TPSA) is 68.0 Å². The summed E-state index contributed by atoms with van der Waals surface area (Å²) in [5, 5.41) is 4.08. The molecule has 0 spiro atoms. The first-order chi connectivity index (χ1) is 7.75. The monoisotopic (exact) mass is 215 g/mol. The maximum Gasteiger partial charge on any atom is 0.332 e. The molecule has 0 saturated heterocycles. The van der Waals surface area contributed by atoms with Gasteiger partial charge in [0.15, 0.2) is 0 Å². The molecule has 3 aromatic rings. The van der Waals surface area contributed by atoms with E-state index in [4.69, 9.17) is 0 Å². The lowest BCUT2D eigenvalue weighted by atomic mass is 10.3. The van der Waals surface area contributed by atoms with Crippen molar-refractivity contribution >= 4 is 5.65 Å². The molecule has 6 nitrogen and oxygen atoms in total. The van der Waals surface area contributed by atoms with Gasteiger partial charge < -0.3 is 0 Å². The van der Waals surface area contributed by atoms with Crippen LogP contribution in [0.1, 0.15) is 0 Å². The summed E-state index contributed by atoms with van der Waals surface area (Å²) >= 11 is 0. The lowest BCUT2D eigenvalue weighted by Gasteiger charge is -1.97. The van der Waals surface area contributed by atoms with Crippen LogP contribution < -0.4 is 5.69 Å². The number of fused-ring (bicyclic) bond motifs is 1. The summed E-state index contributed by atoms with van der Waals surface area (Å²) in [6, 6.07) is 3.66. The fourth-order valence-electron chi connectivity index (χ4n) is 1.74. The lowest BCUT2D eigenvalue weighted by molar-refractivity contribution is 0.768. The summed E-state index contributed by atoms with van der Waals surface area (Å²) < 4.78 is 3.22. The van der Waals surface area contributed by atoms with Gasteiger partial charge in [-0.3, -0.25) is 9.67 Å². The molecular weight excluding hydrogens is 206 g/mol. The van der Waals surface area contributed by atoms with E-state index < -0.39 is 0 Å². The van der Waals surface area contributed by atoms with Gasteiger partial charge in [0.25, 0.3) is 0 Å². The number of hydrogen-bond acceptors (Lipinski definition) is 3. The third-order valence-corrected chi connectivity index (χ3v) is 2.45. The van der Waals surface area contributed by atoms with Crippen LogP contribution in [0.5, 0.6) is 0 Å². The number of aromatic amines is 1. The van der Waals surface area contributed by atoms with Crippen molar-refractivity contribution < 1.29 is 0 Å². The first-order valence-corrected chi connectivity index (χ1v) is 4.80. The second-order valence-electron chi connectivity index (χ2n) is 3.52. The van der Waals surface area contributed by atoms with Gasteiger partial charge in [-0.15, -0.1) is 0 Å². The highest BCUT2D eigenvalue weighted by Crippen LogP contribution is 2.18. The van der Waals surface area contributed by atoms with Gasteiger partial charge in [0.05, 0.1) is 18.2 Å². The van der Waals surface area contributed by atoms with Gasteiger partial charge in [-0.1, -0.05) is 0 Å². The Morgan fingerprint density at radius 2 is 2.25 bits per heavy atom. The zero-order chi connectivity index (χ0) is 11.1. The van der Waals surface area contributed by atoms with Crippen molar-refractivity contribution in [2.24, 2.45) is 7.05 Å². The molecule has 3 aromatic heterocycles. The van der Waals surface area contributed by atoms with E-state index in [1.54, 1.807) is 16.9 Å². The van der Waals surface area contributed by atoms with Crippen molar-refractivity contribution in [2.45, 2.75) is 0 Å². The number of H-pyrrole nitrogens is 1. The summed E-state index contributed by atoms with van der Waals surface area (Å²) in [4.78, 5) is 18.3. The summed E-state index contributed by atoms with van der Waals surface area (Å²) in [5.74, 6) is 0. The number of rotatable bonds is 1. The van der Waals surface area contributed by atoms with Crippen LogP contribution in [-0.4, -0.2) is 24.1 Å². The highest BCUT2D eigenvalue weighted by atomic mass is 16.1. The Kier molecular flexibility index (Phi) is 1.70. The third-order valence-electron chi connectivity index (χ3n) is 2.45. The molecular formula is C10H9N5O. The van der Waals surface area contributed by atoms with Crippen molar-refractivity contribution in [3.63, 3.8) is 0 Å². The molecule has 0 aliphatic heterocycles. The van der Waals surface area contributed by atoms with Crippen LogP contribution in [0.3, 0.4) is 0 Å². The minimum Gasteiger partial charge on any atom is -0.298 e. The smallest absolute Gasteiger partial charge is 0.298 e. The molecule has 0 amide bonds. The average Bonchev–Trinajstić information content (AvgIpc) is 2.84. The molecule has 3 rings (SSSR count). The minimum absolute atomic E-state index is 0.200. The molecule has 6 heteroatoms. The predicted molar refractivity (Wildman–Crippen MR) is 58.0 cm³/mol. The summed E-state index contributed by atoms with van der Waals surface area (Å²) in [5.41, 5.74) is 2.11. The second kappa shape index (κ2) is 3.06. The molecule has 0 radical (unpaired) electrons. The SMILES string of the molecule is Cn1cc(-c2ccc3nc[nH]c(=O)n23)cn1. The first kappa shape index (κ1) is 8.90. The van der Waals surface area contributed by atoms with E-state index in [9.17, 15) is 4.79 Å². The van der Waals surface area contributed by atoms with Gasteiger partial charge in [0.1, 0.15) is 5.65 Å². The van der Waals surface area contributed by atoms with Crippen molar-refractivity contribution in [1.82, 2.24) is 24.1 Å². The zero-order valence-corrected chi connectivity index (χ0v) is 8.58. The van der Waals surface area contributed by atoms with Crippen LogP contribution in [0, 0.1) is 0 Å². The number of aromatic nitrogens is 5. The summed E-state index contributed by atoms with van der Waals surface area (Å²) in [7, 11) is 1.84. The quantitative estimate of drug-likeness (QED) is 0.639. The van der Waals surface area contributed by atoms with Gasteiger partial charge >= 0.3 is 5.69 Å². The molecule has 0 saturated carbocycles. The molecule has 0 aromatic carbocycles. The summed E-state index contributed by atoms with van der Waals surface area (Å²) in [6.45, 7) is 0.